The number of aromatic nitrogens is 2. The van der Waals surface area contributed by atoms with Crippen LogP contribution >= 0.6 is 22.6 Å². The first-order chi connectivity index (χ1) is 19.9. The third-order valence-corrected chi connectivity index (χ3v) is 7.15. The molecule has 0 bridgehead atoms. The second-order valence-corrected chi connectivity index (χ2v) is 11.6. The van der Waals surface area contributed by atoms with Gasteiger partial charge in [0.2, 0.25) is 5.75 Å². The highest BCUT2D eigenvalue weighted by Gasteiger charge is 2.36. The lowest BCUT2D eigenvalue weighted by atomic mass is 10.2. The summed E-state index contributed by atoms with van der Waals surface area (Å²) in [6.45, 7) is 5.55. The van der Waals surface area contributed by atoms with Crippen molar-refractivity contribution >= 4 is 40.6 Å². The molecule has 0 saturated carbocycles. The summed E-state index contributed by atoms with van der Waals surface area (Å²) in [5.74, 6) is -2.65. The largest absolute Gasteiger partial charge is 0.444 e. The molecule has 11 nitrogen and oxygen atoms in total. The molecule has 0 aliphatic carbocycles. The molecule has 2 aromatic carbocycles. The molecular weight excluding hydrogens is 662 g/mol. The van der Waals surface area contributed by atoms with Crippen LogP contribution in [-0.2, 0) is 23.1 Å². The van der Waals surface area contributed by atoms with Crippen LogP contribution in [0.15, 0.2) is 53.3 Å². The Labute approximate surface area is 255 Å². The third-order valence-electron chi connectivity index (χ3n) is 6.21. The molecule has 42 heavy (non-hydrogen) atoms. The zero-order chi connectivity index (χ0) is 30.6. The minimum absolute atomic E-state index is 0.0164. The maximum Gasteiger partial charge on any atom is 0.411 e. The van der Waals surface area contributed by atoms with E-state index < -0.39 is 52.4 Å². The van der Waals surface area contributed by atoms with Crippen molar-refractivity contribution in [2.24, 2.45) is 7.05 Å². The number of carbonyl (C=O) groups is 3. The van der Waals surface area contributed by atoms with Crippen LogP contribution in [0, 0.1) is 9.39 Å². The van der Waals surface area contributed by atoms with Crippen LogP contribution in [-0.4, -0.2) is 57.8 Å². The average molecular weight is 692 g/mol. The van der Waals surface area contributed by atoms with Crippen LogP contribution in [0.2, 0.25) is 0 Å². The van der Waals surface area contributed by atoms with Gasteiger partial charge in [-0.1, -0.05) is 24.3 Å². The Morgan fingerprint density at radius 3 is 2.50 bits per heavy atom. The van der Waals surface area contributed by atoms with E-state index in [2.05, 4.69) is 10.3 Å². The standard InChI is InChI=1S/C29H30FIN4O7/c1-29(2,3)42-28(39)35-13-14-40-16-21(35)24-33-22(25(36)32-15-17-9-11-18(30)12-10-17)23(26(37)34(24)4)41-27(38)19-7-5-6-8-20(19)31/h5-12,21H,13-16H2,1-4H3,(H,32,36). The van der Waals surface area contributed by atoms with Gasteiger partial charge in [-0.25, -0.2) is 19.0 Å². The fourth-order valence-corrected chi connectivity index (χ4v) is 4.75. The molecule has 1 aromatic heterocycles. The van der Waals surface area contributed by atoms with Gasteiger partial charge in [0, 0.05) is 23.7 Å². The zero-order valence-electron chi connectivity index (χ0n) is 23.5. The molecule has 4 rings (SSSR count). The first-order valence-electron chi connectivity index (χ1n) is 13.0. The molecule has 0 radical (unpaired) electrons. The number of hydrogen-bond donors (Lipinski definition) is 1. The third kappa shape index (κ3) is 7.31. The number of nitrogens with one attached hydrogen (secondary N) is 1. The topological polar surface area (TPSA) is 129 Å². The molecule has 1 N–H and O–H groups in total. The van der Waals surface area contributed by atoms with Crippen molar-refractivity contribution in [3.63, 3.8) is 0 Å². The van der Waals surface area contributed by atoms with Crippen molar-refractivity contribution in [1.82, 2.24) is 19.8 Å². The van der Waals surface area contributed by atoms with Crippen molar-refractivity contribution in [1.29, 1.82) is 0 Å². The number of rotatable bonds is 6. The number of hydrogen-bond acceptors (Lipinski definition) is 8. The molecule has 2 heterocycles. The average Bonchev–Trinajstić information content (AvgIpc) is 2.94. The van der Waals surface area contributed by atoms with E-state index >= 15 is 0 Å². The van der Waals surface area contributed by atoms with Gasteiger partial charge in [0.25, 0.3) is 11.5 Å². The molecule has 3 aromatic rings. The molecular formula is C29H30FIN4O7. The van der Waals surface area contributed by atoms with Crippen molar-refractivity contribution in [2.45, 2.75) is 39.0 Å². The van der Waals surface area contributed by atoms with E-state index in [0.717, 1.165) is 4.57 Å². The van der Waals surface area contributed by atoms with Crippen LogP contribution in [0.3, 0.4) is 0 Å². The molecule has 0 spiro atoms. The quantitative estimate of drug-likeness (QED) is 0.304. The van der Waals surface area contributed by atoms with E-state index in [9.17, 15) is 23.6 Å². The van der Waals surface area contributed by atoms with E-state index in [4.69, 9.17) is 14.2 Å². The van der Waals surface area contributed by atoms with Gasteiger partial charge in [-0.3, -0.25) is 19.1 Å². The highest BCUT2D eigenvalue weighted by Crippen LogP contribution is 2.27. The van der Waals surface area contributed by atoms with Gasteiger partial charge in [-0.2, -0.15) is 0 Å². The lowest BCUT2D eigenvalue weighted by molar-refractivity contribution is -0.0360. The summed E-state index contributed by atoms with van der Waals surface area (Å²) in [5, 5.41) is 2.64. The Kier molecular flexibility index (Phi) is 9.61. The minimum Gasteiger partial charge on any atom is -0.444 e. The van der Waals surface area contributed by atoms with Crippen molar-refractivity contribution < 1.29 is 33.0 Å². The normalized spacial score (nSPS) is 15.2. The number of nitrogens with zero attached hydrogens (tertiary/aromatic N) is 3. The van der Waals surface area contributed by atoms with Crippen LogP contribution in [0.1, 0.15) is 59.0 Å². The smallest absolute Gasteiger partial charge is 0.411 e. The first kappa shape index (κ1) is 31.1. The molecule has 1 aliphatic rings. The zero-order valence-corrected chi connectivity index (χ0v) is 25.6. The van der Waals surface area contributed by atoms with Crippen LogP contribution in [0.4, 0.5) is 9.18 Å². The minimum atomic E-state index is -0.880. The van der Waals surface area contributed by atoms with E-state index in [1.807, 2.05) is 22.6 Å². The summed E-state index contributed by atoms with van der Waals surface area (Å²) in [4.78, 5) is 59.1. The first-order valence-corrected chi connectivity index (χ1v) is 14.1. The van der Waals surface area contributed by atoms with Crippen LogP contribution < -0.4 is 15.6 Å². The Hall–Kier alpha value is -3.85. The molecule has 1 unspecified atom stereocenters. The van der Waals surface area contributed by atoms with Crippen molar-refractivity contribution in [3.05, 3.63) is 90.9 Å². The number of carbonyl (C=O) groups excluding carboxylic acids is 3. The molecule has 1 fully saturated rings. The Morgan fingerprint density at radius 1 is 1.14 bits per heavy atom. The number of halogens is 2. The van der Waals surface area contributed by atoms with Gasteiger partial charge in [-0.05, 0) is 73.2 Å². The summed E-state index contributed by atoms with van der Waals surface area (Å²) < 4.78 is 31.7. The second-order valence-electron chi connectivity index (χ2n) is 10.5. The second kappa shape index (κ2) is 13.0. The fourth-order valence-electron chi connectivity index (χ4n) is 4.14. The van der Waals surface area contributed by atoms with E-state index in [0.29, 0.717) is 9.13 Å². The molecule has 1 saturated heterocycles. The Bertz CT molecular complexity index is 1550. The van der Waals surface area contributed by atoms with Gasteiger partial charge in [-0.15, -0.1) is 0 Å². The predicted molar refractivity (Wildman–Crippen MR) is 158 cm³/mol. The lowest BCUT2D eigenvalue weighted by Crippen LogP contribution is -2.48. The van der Waals surface area contributed by atoms with Gasteiger partial charge < -0.3 is 19.5 Å². The monoisotopic (exact) mass is 692 g/mol. The van der Waals surface area contributed by atoms with Gasteiger partial charge >= 0.3 is 12.1 Å². The summed E-state index contributed by atoms with van der Waals surface area (Å²) in [5.41, 5.74) is -1.27. The maximum atomic E-state index is 13.7. The van der Waals surface area contributed by atoms with Crippen LogP contribution in [0.25, 0.3) is 0 Å². The van der Waals surface area contributed by atoms with Gasteiger partial charge in [0.1, 0.15) is 23.3 Å². The Morgan fingerprint density at radius 2 is 1.83 bits per heavy atom. The number of morpholine rings is 1. The van der Waals surface area contributed by atoms with Crippen LogP contribution in [0.5, 0.6) is 5.75 Å². The number of ether oxygens (including phenoxy) is 3. The molecule has 13 heteroatoms. The molecule has 222 valence electrons. The van der Waals surface area contributed by atoms with Crippen molar-refractivity contribution in [3.8, 4) is 5.75 Å². The van der Waals surface area contributed by atoms with E-state index in [-0.39, 0.29) is 37.7 Å². The summed E-state index contributed by atoms with van der Waals surface area (Å²) in [7, 11) is 1.40. The highest BCUT2D eigenvalue weighted by molar-refractivity contribution is 14.1. The fraction of sp³-hybridized carbons (Fsp3) is 0.345. The molecule has 2 amide bonds. The molecule has 1 atom stereocenters. The van der Waals surface area contributed by atoms with Gasteiger partial charge in [0.15, 0.2) is 5.69 Å². The van der Waals surface area contributed by atoms with Crippen molar-refractivity contribution in [2.75, 3.05) is 19.8 Å². The van der Waals surface area contributed by atoms with Gasteiger partial charge in [0.05, 0.1) is 18.8 Å². The SMILES string of the molecule is Cn1c(C2COCCN2C(=O)OC(C)(C)C)nc(C(=O)NCc2ccc(F)cc2)c(OC(=O)c2ccccc2I)c1=O. The predicted octanol–water partition coefficient (Wildman–Crippen LogP) is 3.98. The van der Waals surface area contributed by atoms with E-state index in [1.165, 1.54) is 42.3 Å². The number of amides is 2. The summed E-state index contributed by atoms with van der Waals surface area (Å²) >= 11 is 1.96. The number of benzene rings is 2. The maximum absolute atomic E-state index is 13.7. The number of esters is 1. The Balaban J connectivity index is 1.76. The summed E-state index contributed by atoms with van der Waals surface area (Å²) in [6, 6.07) is 11.2. The highest BCUT2D eigenvalue weighted by atomic mass is 127. The molecule has 1 aliphatic heterocycles. The lowest BCUT2D eigenvalue weighted by Gasteiger charge is -2.36. The van der Waals surface area contributed by atoms with E-state index in [1.54, 1.807) is 39.0 Å². The summed E-state index contributed by atoms with van der Waals surface area (Å²) in [6.07, 6.45) is -0.637.